The summed E-state index contributed by atoms with van der Waals surface area (Å²) in [7, 11) is 0. The summed E-state index contributed by atoms with van der Waals surface area (Å²) in [5.41, 5.74) is -0.307. The molecular weight excluding hydrogens is 357 g/mol. The summed E-state index contributed by atoms with van der Waals surface area (Å²) in [6, 6.07) is 1.22. The number of rotatable bonds is 7. The lowest BCUT2D eigenvalue weighted by molar-refractivity contribution is -0.116. The standard InChI is InChI=1S/C16H17F3N2OS2/c1-9-15(14-11(18)7-10(17)8-12(14)19)21-16(24-9)20-13(22)5-3-4-6-23-2/h7-8H,3-6H2,1-2H3,(H,20,21,22). The van der Waals surface area contributed by atoms with E-state index in [0.29, 0.717) is 23.4 Å². The van der Waals surface area contributed by atoms with Crippen LogP contribution < -0.4 is 5.32 Å². The van der Waals surface area contributed by atoms with Gasteiger partial charge >= 0.3 is 0 Å². The number of amides is 1. The number of unbranched alkanes of at least 4 members (excludes halogenated alkanes) is 1. The Balaban J connectivity index is 2.12. The molecule has 0 spiro atoms. The van der Waals surface area contributed by atoms with Crippen molar-refractivity contribution in [3.05, 3.63) is 34.5 Å². The van der Waals surface area contributed by atoms with Crippen LogP contribution in [0.15, 0.2) is 12.1 Å². The second-order valence-electron chi connectivity index (χ2n) is 5.17. The van der Waals surface area contributed by atoms with Crippen LogP contribution in [-0.2, 0) is 4.79 Å². The van der Waals surface area contributed by atoms with Crippen molar-refractivity contribution in [1.29, 1.82) is 0 Å². The second kappa shape index (κ2) is 8.53. The molecule has 0 unspecified atom stereocenters. The number of hydrogen-bond acceptors (Lipinski definition) is 4. The number of aromatic nitrogens is 1. The summed E-state index contributed by atoms with van der Waals surface area (Å²) in [5, 5.41) is 2.92. The number of thiazole rings is 1. The van der Waals surface area contributed by atoms with Gasteiger partial charge in [-0.15, -0.1) is 11.3 Å². The lowest BCUT2D eigenvalue weighted by Gasteiger charge is -2.03. The number of halogens is 3. The van der Waals surface area contributed by atoms with Crippen LogP contribution in [0.4, 0.5) is 18.3 Å². The molecule has 0 aliphatic carbocycles. The lowest BCUT2D eigenvalue weighted by Crippen LogP contribution is -2.11. The van der Waals surface area contributed by atoms with Gasteiger partial charge in [-0.2, -0.15) is 11.8 Å². The summed E-state index contributed by atoms with van der Waals surface area (Å²) in [4.78, 5) is 16.5. The van der Waals surface area contributed by atoms with Crippen molar-refractivity contribution in [3.8, 4) is 11.3 Å². The number of nitrogens with zero attached hydrogens (tertiary/aromatic N) is 1. The Labute approximate surface area is 146 Å². The molecule has 1 heterocycles. The van der Waals surface area contributed by atoms with Gasteiger partial charge in [0.2, 0.25) is 5.91 Å². The molecule has 0 bridgehead atoms. The van der Waals surface area contributed by atoms with Gasteiger partial charge in [0.15, 0.2) is 5.13 Å². The first kappa shape index (κ1) is 18.8. The third kappa shape index (κ3) is 4.73. The molecule has 1 aromatic carbocycles. The molecule has 1 amide bonds. The molecule has 0 aliphatic heterocycles. The molecule has 0 atom stereocenters. The quantitative estimate of drug-likeness (QED) is 0.693. The fraction of sp³-hybridized carbons (Fsp3) is 0.375. The van der Waals surface area contributed by atoms with E-state index in [1.54, 1.807) is 18.7 Å². The zero-order valence-corrected chi connectivity index (χ0v) is 14.9. The zero-order chi connectivity index (χ0) is 17.7. The minimum atomic E-state index is -1.02. The van der Waals surface area contributed by atoms with Crippen molar-refractivity contribution in [1.82, 2.24) is 4.98 Å². The van der Waals surface area contributed by atoms with Crippen molar-refractivity contribution in [2.24, 2.45) is 0 Å². The van der Waals surface area contributed by atoms with Crippen molar-refractivity contribution in [2.45, 2.75) is 26.2 Å². The van der Waals surface area contributed by atoms with Gasteiger partial charge in [0.25, 0.3) is 0 Å². The van der Waals surface area contributed by atoms with E-state index in [1.807, 2.05) is 6.26 Å². The largest absolute Gasteiger partial charge is 0.302 e. The van der Waals surface area contributed by atoms with Crippen molar-refractivity contribution in [3.63, 3.8) is 0 Å². The highest BCUT2D eigenvalue weighted by Gasteiger charge is 2.20. The number of benzene rings is 1. The van der Waals surface area contributed by atoms with E-state index < -0.39 is 17.5 Å². The topological polar surface area (TPSA) is 42.0 Å². The highest BCUT2D eigenvalue weighted by Crippen LogP contribution is 2.34. The third-order valence-electron chi connectivity index (χ3n) is 3.29. The first-order valence-corrected chi connectivity index (χ1v) is 9.54. The van der Waals surface area contributed by atoms with Crippen molar-refractivity contribution >= 4 is 34.1 Å². The van der Waals surface area contributed by atoms with E-state index in [2.05, 4.69) is 10.3 Å². The fourth-order valence-electron chi connectivity index (χ4n) is 2.16. The molecular formula is C16H17F3N2OS2. The van der Waals surface area contributed by atoms with E-state index in [-0.39, 0.29) is 22.3 Å². The number of aryl methyl sites for hydroxylation is 1. The van der Waals surface area contributed by atoms with Crippen molar-refractivity contribution < 1.29 is 18.0 Å². The van der Waals surface area contributed by atoms with Gasteiger partial charge in [-0.1, -0.05) is 0 Å². The molecule has 3 nitrogen and oxygen atoms in total. The molecule has 0 saturated heterocycles. The second-order valence-corrected chi connectivity index (χ2v) is 7.36. The van der Waals surface area contributed by atoms with Crippen LogP contribution in [0.3, 0.4) is 0 Å². The van der Waals surface area contributed by atoms with Gasteiger partial charge in [-0.05, 0) is 31.8 Å². The first-order valence-electron chi connectivity index (χ1n) is 7.33. The maximum Gasteiger partial charge on any atom is 0.226 e. The number of nitrogens with one attached hydrogen (secondary N) is 1. The highest BCUT2D eigenvalue weighted by molar-refractivity contribution is 7.98. The Morgan fingerprint density at radius 3 is 2.54 bits per heavy atom. The molecule has 8 heteroatoms. The Morgan fingerprint density at radius 2 is 1.92 bits per heavy atom. The normalized spacial score (nSPS) is 10.9. The number of carbonyl (C=O) groups excluding carboxylic acids is 1. The Bertz CT molecular complexity index is 711. The predicted molar refractivity (Wildman–Crippen MR) is 93.0 cm³/mol. The molecule has 0 fully saturated rings. The SMILES string of the molecule is CSCCCCC(=O)Nc1nc(-c2c(F)cc(F)cc2F)c(C)s1. The number of carbonyl (C=O) groups is 1. The van der Waals surface area contributed by atoms with E-state index in [0.717, 1.165) is 29.9 Å². The van der Waals surface area contributed by atoms with Gasteiger partial charge in [-0.3, -0.25) is 4.79 Å². The van der Waals surface area contributed by atoms with E-state index in [4.69, 9.17) is 0 Å². The average molecular weight is 374 g/mol. The maximum absolute atomic E-state index is 13.9. The van der Waals surface area contributed by atoms with Crippen LogP contribution in [0.25, 0.3) is 11.3 Å². The van der Waals surface area contributed by atoms with Crippen LogP contribution in [0.2, 0.25) is 0 Å². The molecule has 0 radical (unpaired) electrons. The molecule has 130 valence electrons. The van der Waals surface area contributed by atoms with Gasteiger partial charge in [0, 0.05) is 23.4 Å². The van der Waals surface area contributed by atoms with E-state index in [1.165, 1.54) is 0 Å². The molecule has 24 heavy (non-hydrogen) atoms. The molecule has 2 rings (SSSR count). The maximum atomic E-state index is 13.9. The molecule has 1 aromatic heterocycles. The van der Waals surface area contributed by atoms with E-state index >= 15 is 0 Å². The van der Waals surface area contributed by atoms with E-state index in [9.17, 15) is 18.0 Å². The van der Waals surface area contributed by atoms with Crippen molar-refractivity contribution in [2.75, 3.05) is 17.3 Å². The highest BCUT2D eigenvalue weighted by atomic mass is 32.2. The van der Waals surface area contributed by atoms with Gasteiger partial charge in [-0.25, -0.2) is 18.2 Å². The summed E-state index contributed by atoms with van der Waals surface area (Å²) < 4.78 is 40.8. The van der Waals surface area contributed by atoms with Crippen LogP contribution in [0.5, 0.6) is 0 Å². The molecule has 1 N–H and O–H groups in total. The molecule has 2 aromatic rings. The molecule has 0 aliphatic rings. The number of thioether (sulfide) groups is 1. The lowest BCUT2D eigenvalue weighted by atomic mass is 10.1. The zero-order valence-electron chi connectivity index (χ0n) is 13.3. The monoisotopic (exact) mass is 374 g/mol. The minimum Gasteiger partial charge on any atom is -0.302 e. The summed E-state index contributed by atoms with van der Waals surface area (Å²) in [6.07, 6.45) is 4.09. The van der Waals surface area contributed by atoms with Crippen LogP contribution in [0.1, 0.15) is 24.1 Å². The first-order chi connectivity index (χ1) is 11.4. The average Bonchev–Trinajstić information content (AvgIpc) is 2.83. The third-order valence-corrected chi connectivity index (χ3v) is 4.87. The fourth-order valence-corrected chi connectivity index (χ4v) is 3.49. The molecule has 0 saturated carbocycles. The van der Waals surface area contributed by atoms with Gasteiger partial charge in [0.05, 0.1) is 11.3 Å². The summed E-state index contributed by atoms with van der Waals surface area (Å²) in [5.74, 6) is -2.21. The summed E-state index contributed by atoms with van der Waals surface area (Å²) in [6.45, 7) is 1.64. The van der Waals surface area contributed by atoms with Crippen LogP contribution in [-0.4, -0.2) is 22.9 Å². The van der Waals surface area contributed by atoms with Gasteiger partial charge < -0.3 is 5.32 Å². The Kier molecular flexibility index (Phi) is 6.68. The van der Waals surface area contributed by atoms with Gasteiger partial charge in [0.1, 0.15) is 17.5 Å². The predicted octanol–water partition coefficient (Wildman–Crippen LogP) is 5.01. The number of anilines is 1. The van der Waals surface area contributed by atoms with Crippen LogP contribution in [0, 0.1) is 24.4 Å². The smallest absolute Gasteiger partial charge is 0.226 e. The van der Waals surface area contributed by atoms with Crippen LogP contribution >= 0.6 is 23.1 Å². The Hall–Kier alpha value is -1.54. The number of hydrogen-bond donors (Lipinski definition) is 1. The summed E-state index contributed by atoms with van der Waals surface area (Å²) >= 11 is 2.85. The Morgan fingerprint density at radius 1 is 1.25 bits per heavy atom. The minimum absolute atomic E-state index is 0.0766.